The predicted octanol–water partition coefficient (Wildman–Crippen LogP) is 4.89. The van der Waals surface area contributed by atoms with Gasteiger partial charge in [-0.25, -0.2) is 4.79 Å². The maximum atomic E-state index is 12.0. The van der Waals surface area contributed by atoms with Gasteiger partial charge in [-0.05, 0) is 54.1 Å². The van der Waals surface area contributed by atoms with Crippen molar-refractivity contribution in [3.63, 3.8) is 0 Å². The van der Waals surface area contributed by atoms with E-state index in [0.29, 0.717) is 25.8 Å². The van der Waals surface area contributed by atoms with E-state index in [1.807, 2.05) is 54.6 Å². The van der Waals surface area contributed by atoms with Gasteiger partial charge < -0.3 is 14.7 Å². The van der Waals surface area contributed by atoms with Crippen LogP contribution in [0.25, 0.3) is 0 Å². The first-order valence-corrected chi connectivity index (χ1v) is 9.25. The SMILES string of the molecule is COc1ccc(C(Cc2ccccc2)N(CCCCC(=O)Cl)C(=O)O)cc1. The molecule has 144 valence electrons. The van der Waals surface area contributed by atoms with Crippen molar-refractivity contribution in [3.05, 3.63) is 65.7 Å². The Morgan fingerprint density at radius 2 is 1.74 bits per heavy atom. The average molecular weight is 390 g/mol. The number of rotatable bonds is 10. The van der Waals surface area contributed by atoms with Crippen LogP contribution in [0.3, 0.4) is 0 Å². The number of unbranched alkanes of at least 4 members (excludes halogenated alkanes) is 1. The van der Waals surface area contributed by atoms with E-state index in [0.717, 1.165) is 16.9 Å². The van der Waals surface area contributed by atoms with Crippen LogP contribution in [-0.4, -0.2) is 35.0 Å². The standard InChI is InChI=1S/C21H24ClNO4/c1-27-18-12-10-17(11-13-18)19(15-16-7-3-2-4-8-16)23(21(25)26)14-6-5-9-20(22)24/h2-4,7-8,10-13,19H,5-6,9,14-15H2,1H3,(H,25,26). The zero-order valence-electron chi connectivity index (χ0n) is 15.3. The van der Waals surface area contributed by atoms with E-state index >= 15 is 0 Å². The van der Waals surface area contributed by atoms with Crippen molar-refractivity contribution < 1.29 is 19.4 Å². The molecule has 0 spiro atoms. The normalized spacial score (nSPS) is 11.6. The summed E-state index contributed by atoms with van der Waals surface area (Å²) < 4.78 is 5.20. The van der Waals surface area contributed by atoms with Gasteiger partial charge in [0.2, 0.25) is 5.24 Å². The van der Waals surface area contributed by atoms with Gasteiger partial charge in [0.1, 0.15) is 5.75 Å². The molecule has 2 rings (SSSR count). The highest BCUT2D eigenvalue weighted by Crippen LogP contribution is 2.27. The summed E-state index contributed by atoms with van der Waals surface area (Å²) in [6.45, 7) is 0.336. The van der Waals surface area contributed by atoms with E-state index in [9.17, 15) is 14.7 Å². The number of ether oxygens (including phenoxy) is 1. The summed E-state index contributed by atoms with van der Waals surface area (Å²) in [6, 6.07) is 16.9. The number of halogens is 1. The second-order valence-corrected chi connectivity index (χ2v) is 6.69. The Morgan fingerprint density at radius 3 is 2.30 bits per heavy atom. The number of nitrogens with zero attached hydrogens (tertiary/aromatic N) is 1. The molecule has 0 aliphatic heterocycles. The lowest BCUT2D eigenvalue weighted by Gasteiger charge is -2.30. The highest BCUT2D eigenvalue weighted by molar-refractivity contribution is 6.63. The summed E-state index contributed by atoms with van der Waals surface area (Å²) in [5.41, 5.74) is 1.95. The first-order chi connectivity index (χ1) is 13.0. The number of methoxy groups -OCH3 is 1. The van der Waals surface area contributed by atoms with Gasteiger partial charge in [-0.15, -0.1) is 0 Å². The first-order valence-electron chi connectivity index (χ1n) is 8.87. The molecule has 2 aromatic carbocycles. The van der Waals surface area contributed by atoms with Crippen molar-refractivity contribution in [2.45, 2.75) is 31.7 Å². The molecule has 0 heterocycles. The van der Waals surface area contributed by atoms with E-state index in [1.165, 1.54) is 4.90 Å². The molecule has 6 heteroatoms. The Balaban J connectivity index is 2.23. The van der Waals surface area contributed by atoms with Crippen LogP contribution < -0.4 is 4.74 Å². The number of benzene rings is 2. The Hall–Kier alpha value is -2.53. The Morgan fingerprint density at radius 1 is 1.07 bits per heavy atom. The zero-order chi connectivity index (χ0) is 19.6. The van der Waals surface area contributed by atoms with Gasteiger partial charge in [-0.2, -0.15) is 0 Å². The molecule has 1 unspecified atom stereocenters. The van der Waals surface area contributed by atoms with E-state index in [-0.39, 0.29) is 12.5 Å². The van der Waals surface area contributed by atoms with Crippen LogP contribution in [0.4, 0.5) is 4.79 Å². The molecule has 0 aliphatic rings. The number of carbonyl (C=O) groups excluding carboxylic acids is 1. The maximum Gasteiger partial charge on any atom is 0.407 e. The van der Waals surface area contributed by atoms with Gasteiger partial charge in [0.15, 0.2) is 0 Å². The molecule has 5 nitrogen and oxygen atoms in total. The van der Waals surface area contributed by atoms with Gasteiger partial charge in [-0.3, -0.25) is 4.79 Å². The molecule has 0 aliphatic carbocycles. The van der Waals surface area contributed by atoms with Gasteiger partial charge in [0, 0.05) is 13.0 Å². The lowest BCUT2D eigenvalue weighted by atomic mass is 9.97. The van der Waals surface area contributed by atoms with E-state index in [2.05, 4.69) is 0 Å². The van der Waals surface area contributed by atoms with E-state index in [4.69, 9.17) is 16.3 Å². The monoisotopic (exact) mass is 389 g/mol. The van der Waals surface area contributed by atoms with Crippen molar-refractivity contribution >= 4 is 22.9 Å². The molecule has 0 saturated heterocycles. The molecule has 0 fully saturated rings. The van der Waals surface area contributed by atoms with Crippen molar-refractivity contribution in [1.82, 2.24) is 4.90 Å². The third kappa shape index (κ3) is 6.61. The summed E-state index contributed by atoms with van der Waals surface area (Å²) in [6.07, 6.45) is 0.970. The van der Waals surface area contributed by atoms with Crippen molar-refractivity contribution in [3.8, 4) is 5.75 Å². The van der Waals surface area contributed by atoms with Crippen LogP contribution in [-0.2, 0) is 11.2 Å². The van der Waals surface area contributed by atoms with Crippen molar-refractivity contribution in [2.75, 3.05) is 13.7 Å². The fraction of sp³-hybridized carbons (Fsp3) is 0.333. The summed E-state index contributed by atoms with van der Waals surface area (Å²) in [5, 5.41) is 9.41. The highest BCUT2D eigenvalue weighted by atomic mass is 35.5. The molecule has 0 saturated carbocycles. The predicted molar refractivity (Wildman–Crippen MR) is 105 cm³/mol. The zero-order valence-corrected chi connectivity index (χ0v) is 16.1. The Kier molecular flexibility index (Phi) is 8.14. The van der Waals surface area contributed by atoms with Crippen LogP contribution in [0.5, 0.6) is 5.75 Å². The van der Waals surface area contributed by atoms with E-state index < -0.39 is 11.3 Å². The molecule has 27 heavy (non-hydrogen) atoms. The largest absolute Gasteiger partial charge is 0.497 e. The third-order valence-corrected chi connectivity index (χ3v) is 4.61. The third-order valence-electron chi connectivity index (χ3n) is 4.42. The number of carbonyl (C=O) groups is 2. The smallest absolute Gasteiger partial charge is 0.407 e. The molecular weight excluding hydrogens is 366 g/mol. The van der Waals surface area contributed by atoms with Crippen LogP contribution in [0, 0.1) is 0 Å². The Labute approximate surface area is 164 Å². The summed E-state index contributed by atoms with van der Waals surface area (Å²) in [7, 11) is 1.60. The fourth-order valence-corrected chi connectivity index (χ4v) is 3.14. The fourth-order valence-electron chi connectivity index (χ4n) is 3.00. The Bertz CT molecular complexity index is 734. The van der Waals surface area contributed by atoms with Crippen LogP contribution in [0.1, 0.15) is 36.4 Å². The van der Waals surface area contributed by atoms with Gasteiger partial charge in [0.25, 0.3) is 0 Å². The molecule has 0 radical (unpaired) electrons. The van der Waals surface area contributed by atoms with Gasteiger partial charge in [-0.1, -0.05) is 42.5 Å². The molecular formula is C21H24ClNO4. The second-order valence-electron chi connectivity index (χ2n) is 6.27. The lowest BCUT2D eigenvalue weighted by Crippen LogP contribution is -2.35. The quantitative estimate of drug-likeness (QED) is 0.463. The van der Waals surface area contributed by atoms with Crippen molar-refractivity contribution in [1.29, 1.82) is 0 Å². The van der Waals surface area contributed by atoms with Gasteiger partial charge >= 0.3 is 6.09 Å². The summed E-state index contributed by atoms with van der Waals surface area (Å²) in [4.78, 5) is 24.3. The van der Waals surface area contributed by atoms with Crippen molar-refractivity contribution in [2.24, 2.45) is 0 Å². The number of amides is 1. The highest BCUT2D eigenvalue weighted by Gasteiger charge is 2.25. The minimum atomic E-state index is -0.982. The molecule has 0 aromatic heterocycles. The minimum absolute atomic E-state index is 0.251. The van der Waals surface area contributed by atoms with Crippen LogP contribution in [0.2, 0.25) is 0 Å². The lowest BCUT2D eigenvalue weighted by molar-refractivity contribution is -0.111. The summed E-state index contributed by atoms with van der Waals surface area (Å²) in [5.74, 6) is 0.722. The van der Waals surface area contributed by atoms with E-state index in [1.54, 1.807) is 7.11 Å². The molecule has 1 amide bonds. The molecule has 1 atom stereocenters. The number of carboxylic acid groups (broad SMARTS) is 1. The van der Waals surface area contributed by atoms with Crippen LogP contribution >= 0.6 is 11.6 Å². The molecule has 0 bridgehead atoms. The number of hydrogen-bond acceptors (Lipinski definition) is 3. The minimum Gasteiger partial charge on any atom is -0.497 e. The second kappa shape index (κ2) is 10.6. The first kappa shape index (κ1) is 20.8. The topological polar surface area (TPSA) is 66.8 Å². The van der Waals surface area contributed by atoms with Crippen LogP contribution in [0.15, 0.2) is 54.6 Å². The average Bonchev–Trinajstić information content (AvgIpc) is 2.67. The summed E-state index contributed by atoms with van der Waals surface area (Å²) >= 11 is 5.37. The molecule has 2 aromatic rings. The van der Waals surface area contributed by atoms with Gasteiger partial charge in [0.05, 0.1) is 13.2 Å². The number of hydrogen-bond donors (Lipinski definition) is 1. The molecule has 1 N–H and O–H groups in total. The maximum absolute atomic E-state index is 12.0.